The highest BCUT2D eigenvalue weighted by atomic mass is 35.5. The van der Waals surface area contributed by atoms with Crippen LogP contribution in [0.3, 0.4) is 0 Å². The predicted octanol–water partition coefficient (Wildman–Crippen LogP) is 3.29. The maximum Gasteiger partial charge on any atom is 0.271 e. The first-order valence-corrected chi connectivity index (χ1v) is 9.69. The third kappa shape index (κ3) is 5.18. The van der Waals surface area contributed by atoms with E-state index in [1.807, 2.05) is 31.2 Å². The molecule has 0 saturated heterocycles. The molecule has 1 amide bonds. The van der Waals surface area contributed by atoms with E-state index in [4.69, 9.17) is 21.1 Å². The lowest BCUT2D eigenvalue weighted by Crippen LogP contribution is -2.36. The van der Waals surface area contributed by atoms with E-state index in [0.717, 1.165) is 16.9 Å². The van der Waals surface area contributed by atoms with Gasteiger partial charge in [0.05, 0.1) is 12.8 Å². The SMILES string of the molecule is COc1ccc(CNC(=O)C(C)Oc2ccc(=O)n(-c3cc(Cl)ccc3C)n2)cc1. The highest BCUT2D eigenvalue weighted by Crippen LogP contribution is 2.18. The van der Waals surface area contributed by atoms with Crippen molar-refractivity contribution in [1.82, 2.24) is 15.1 Å². The van der Waals surface area contributed by atoms with Gasteiger partial charge in [-0.05, 0) is 49.2 Å². The average Bonchev–Trinajstić information content (AvgIpc) is 2.75. The molecule has 0 fully saturated rings. The molecule has 7 nitrogen and oxygen atoms in total. The van der Waals surface area contributed by atoms with Crippen molar-refractivity contribution in [3.8, 4) is 17.3 Å². The fourth-order valence-electron chi connectivity index (χ4n) is 2.75. The average molecular weight is 428 g/mol. The minimum Gasteiger partial charge on any atom is -0.497 e. The Balaban J connectivity index is 1.68. The van der Waals surface area contributed by atoms with E-state index < -0.39 is 6.10 Å². The van der Waals surface area contributed by atoms with Crippen molar-refractivity contribution in [1.29, 1.82) is 0 Å². The third-order valence-electron chi connectivity index (χ3n) is 4.47. The van der Waals surface area contributed by atoms with Gasteiger partial charge in [-0.1, -0.05) is 29.8 Å². The number of aromatic nitrogens is 2. The van der Waals surface area contributed by atoms with Crippen molar-refractivity contribution in [2.75, 3.05) is 7.11 Å². The highest BCUT2D eigenvalue weighted by Gasteiger charge is 2.16. The lowest BCUT2D eigenvalue weighted by atomic mass is 10.2. The van der Waals surface area contributed by atoms with Gasteiger partial charge in [0.15, 0.2) is 6.10 Å². The number of nitrogens with zero attached hydrogens (tertiary/aromatic N) is 2. The van der Waals surface area contributed by atoms with E-state index in [-0.39, 0.29) is 17.3 Å². The zero-order valence-corrected chi connectivity index (χ0v) is 17.6. The summed E-state index contributed by atoms with van der Waals surface area (Å²) in [5.41, 5.74) is 1.98. The van der Waals surface area contributed by atoms with Crippen LogP contribution in [-0.4, -0.2) is 28.9 Å². The number of methoxy groups -OCH3 is 1. The van der Waals surface area contributed by atoms with Crippen molar-refractivity contribution in [2.45, 2.75) is 26.5 Å². The highest BCUT2D eigenvalue weighted by molar-refractivity contribution is 6.30. The van der Waals surface area contributed by atoms with E-state index in [1.54, 1.807) is 32.2 Å². The molecule has 1 heterocycles. The Labute approximate surface area is 179 Å². The van der Waals surface area contributed by atoms with Crippen LogP contribution in [-0.2, 0) is 11.3 Å². The molecular formula is C22H22ClN3O4. The smallest absolute Gasteiger partial charge is 0.271 e. The molecule has 0 aliphatic carbocycles. The second kappa shape index (κ2) is 9.45. The van der Waals surface area contributed by atoms with Gasteiger partial charge in [-0.25, -0.2) is 0 Å². The van der Waals surface area contributed by atoms with Crippen LogP contribution in [0.5, 0.6) is 11.6 Å². The van der Waals surface area contributed by atoms with Crippen LogP contribution < -0.4 is 20.3 Å². The third-order valence-corrected chi connectivity index (χ3v) is 4.70. The van der Waals surface area contributed by atoms with Crippen LogP contribution in [0.15, 0.2) is 59.4 Å². The number of hydrogen-bond acceptors (Lipinski definition) is 5. The van der Waals surface area contributed by atoms with Crippen molar-refractivity contribution < 1.29 is 14.3 Å². The Morgan fingerprint density at radius 1 is 1.17 bits per heavy atom. The molecule has 2 aromatic carbocycles. The van der Waals surface area contributed by atoms with Gasteiger partial charge in [-0.2, -0.15) is 4.68 Å². The standard InChI is InChI=1S/C22H22ClN3O4/c1-14-4-7-17(23)12-19(14)26-21(27)11-10-20(25-26)30-15(2)22(28)24-13-16-5-8-18(29-3)9-6-16/h4-12,15H,13H2,1-3H3,(H,24,28). The van der Waals surface area contributed by atoms with Crippen LogP contribution in [0.4, 0.5) is 0 Å². The Morgan fingerprint density at radius 3 is 2.60 bits per heavy atom. The maximum atomic E-state index is 12.4. The Hall–Kier alpha value is -3.32. The summed E-state index contributed by atoms with van der Waals surface area (Å²) in [4.78, 5) is 24.7. The molecule has 0 aliphatic heterocycles. The quantitative estimate of drug-likeness (QED) is 0.625. The molecular weight excluding hydrogens is 406 g/mol. The zero-order chi connectivity index (χ0) is 21.7. The minimum absolute atomic E-state index is 0.154. The number of nitrogens with one attached hydrogen (secondary N) is 1. The first kappa shape index (κ1) is 21.4. The topological polar surface area (TPSA) is 82.5 Å². The summed E-state index contributed by atoms with van der Waals surface area (Å²) in [6.07, 6.45) is -0.804. The monoisotopic (exact) mass is 427 g/mol. The molecule has 1 N–H and O–H groups in total. The van der Waals surface area contributed by atoms with Crippen LogP contribution in [0.2, 0.25) is 5.02 Å². The number of carbonyl (C=O) groups excluding carboxylic acids is 1. The fraction of sp³-hybridized carbons (Fsp3) is 0.227. The van der Waals surface area contributed by atoms with E-state index in [9.17, 15) is 9.59 Å². The summed E-state index contributed by atoms with van der Waals surface area (Å²) in [5.74, 6) is 0.600. The maximum absolute atomic E-state index is 12.4. The summed E-state index contributed by atoms with van der Waals surface area (Å²) in [6, 6.07) is 15.4. The Morgan fingerprint density at radius 2 is 1.90 bits per heavy atom. The molecule has 3 rings (SSSR count). The van der Waals surface area contributed by atoms with Crippen LogP contribution in [0.25, 0.3) is 5.69 Å². The van der Waals surface area contributed by atoms with Crippen molar-refractivity contribution in [2.24, 2.45) is 0 Å². The van der Waals surface area contributed by atoms with Crippen molar-refractivity contribution in [3.05, 3.63) is 81.1 Å². The number of ether oxygens (including phenoxy) is 2. The lowest BCUT2D eigenvalue weighted by Gasteiger charge is -2.15. The number of halogens is 1. The molecule has 0 aliphatic rings. The van der Waals surface area contributed by atoms with Crippen LogP contribution in [0.1, 0.15) is 18.1 Å². The number of rotatable bonds is 7. The second-order valence-electron chi connectivity index (χ2n) is 6.68. The van der Waals surface area contributed by atoms with Crippen molar-refractivity contribution >= 4 is 17.5 Å². The fourth-order valence-corrected chi connectivity index (χ4v) is 2.92. The first-order valence-electron chi connectivity index (χ1n) is 9.31. The lowest BCUT2D eigenvalue weighted by molar-refractivity contribution is -0.127. The summed E-state index contributed by atoms with van der Waals surface area (Å²) in [6.45, 7) is 3.82. The second-order valence-corrected chi connectivity index (χ2v) is 7.11. The van der Waals surface area contributed by atoms with Gasteiger partial charge in [0.2, 0.25) is 5.88 Å². The number of carbonyl (C=O) groups is 1. The van der Waals surface area contributed by atoms with Gasteiger partial charge in [-0.3, -0.25) is 9.59 Å². The molecule has 0 bridgehead atoms. The zero-order valence-electron chi connectivity index (χ0n) is 16.9. The molecule has 0 radical (unpaired) electrons. The molecule has 3 aromatic rings. The molecule has 156 valence electrons. The number of benzene rings is 2. The molecule has 0 saturated carbocycles. The minimum atomic E-state index is -0.804. The van der Waals surface area contributed by atoms with Gasteiger partial charge < -0.3 is 14.8 Å². The normalized spacial score (nSPS) is 11.6. The Kier molecular flexibility index (Phi) is 6.74. The number of hydrogen-bond donors (Lipinski definition) is 1. The predicted molar refractivity (Wildman–Crippen MR) is 115 cm³/mol. The van der Waals surface area contributed by atoms with E-state index >= 15 is 0 Å². The molecule has 1 aromatic heterocycles. The number of amides is 1. The van der Waals surface area contributed by atoms with Crippen molar-refractivity contribution in [3.63, 3.8) is 0 Å². The van der Waals surface area contributed by atoms with Gasteiger partial charge >= 0.3 is 0 Å². The summed E-state index contributed by atoms with van der Waals surface area (Å²) < 4.78 is 12.0. The van der Waals surface area contributed by atoms with Crippen LogP contribution >= 0.6 is 11.6 Å². The number of aryl methyl sites for hydroxylation is 1. The molecule has 0 spiro atoms. The van der Waals surface area contributed by atoms with Crippen LogP contribution in [0, 0.1) is 6.92 Å². The summed E-state index contributed by atoms with van der Waals surface area (Å²) in [7, 11) is 1.60. The molecule has 30 heavy (non-hydrogen) atoms. The van der Waals surface area contributed by atoms with Gasteiger partial charge in [-0.15, -0.1) is 5.10 Å². The van der Waals surface area contributed by atoms with Gasteiger partial charge in [0, 0.05) is 23.7 Å². The largest absolute Gasteiger partial charge is 0.497 e. The van der Waals surface area contributed by atoms with E-state index in [0.29, 0.717) is 17.3 Å². The Bertz CT molecular complexity index is 1100. The first-order chi connectivity index (χ1) is 14.4. The summed E-state index contributed by atoms with van der Waals surface area (Å²) in [5, 5.41) is 7.53. The van der Waals surface area contributed by atoms with E-state index in [2.05, 4.69) is 10.4 Å². The molecule has 1 unspecified atom stereocenters. The molecule has 8 heteroatoms. The van der Waals surface area contributed by atoms with E-state index in [1.165, 1.54) is 16.8 Å². The summed E-state index contributed by atoms with van der Waals surface area (Å²) >= 11 is 6.05. The molecule has 1 atom stereocenters. The van der Waals surface area contributed by atoms with Gasteiger partial charge in [0.1, 0.15) is 5.75 Å². The van der Waals surface area contributed by atoms with Gasteiger partial charge in [0.25, 0.3) is 11.5 Å².